The zero-order valence-electron chi connectivity index (χ0n) is 10.3. The number of aromatic amines is 1. The molecular formula is C14H14N2O3. The minimum Gasteiger partial charge on any atom is -0.493 e. The van der Waals surface area contributed by atoms with E-state index in [0.717, 1.165) is 35.6 Å². The number of carboxylic acids is 1. The second-order valence-corrected chi connectivity index (χ2v) is 4.58. The van der Waals surface area contributed by atoms with E-state index < -0.39 is 5.97 Å². The molecule has 0 saturated heterocycles. The van der Waals surface area contributed by atoms with Gasteiger partial charge in [0.15, 0.2) is 0 Å². The maximum atomic E-state index is 10.6. The standard InChI is InChI=1S/C14H14N2O3/c17-13(18)4-2-11-8-15-16-14(11)10-1-3-12-9(7-10)5-6-19-12/h1,3,7-8H,2,4-6H2,(H,15,16)(H,17,18). The monoisotopic (exact) mass is 258 g/mol. The Morgan fingerprint density at radius 3 is 3.21 bits per heavy atom. The summed E-state index contributed by atoms with van der Waals surface area (Å²) in [6.45, 7) is 0.730. The van der Waals surface area contributed by atoms with Crippen LogP contribution in [0.3, 0.4) is 0 Å². The number of rotatable bonds is 4. The average molecular weight is 258 g/mol. The summed E-state index contributed by atoms with van der Waals surface area (Å²) >= 11 is 0. The Hall–Kier alpha value is -2.30. The summed E-state index contributed by atoms with van der Waals surface area (Å²) in [5.74, 6) is 0.143. The van der Waals surface area contributed by atoms with Gasteiger partial charge in [-0.2, -0.15) is 5.10 Å². The van der Waals surface area contributed by atoms with Gasteiger partial charge in [-0.15, -0.1) is 0 Å². The quantitative estimate of drug-likeness (QED) is 0.879. The lowest BCUT2D eigenvalue weighted by Crippen LogP contribution is -1.97. The van der Waals surface area contributed by atoms with Crippen molar-refractivity contribution in [2.24, 2.45) is 0 Å². The molecule has 0 spiro atoms. The molecule has 0 unspecified atom stereocenters. The highest BCUT2D eigenvalue weighted by molar-refractivity contribution is 5.69. The van der Waals surface area contributed by atoms with E-state index in [9.17, 15) is 4.79 Å². The number of aliphatic carboxylic acids is 1. The summed E-state index contributed by atoms with van der Waals surface area (Å²) in [5, 5.41) is 15.7. The molecule has 0 saturated carbocycles. The Labute approximate surface area is 110 Å². The molecule has 0 bridgehead atoms. The number of nitrogens with one attached hydrogen (secondary N) is 1. The molecule has 2 heterocycles. The number of benzene rings is 1. The number of fused-ring (bicyclic) bond motifs is 1. The van der Waals surface area contributed by atoms with Crippen LogP contribution in [0.15, 0.2) is 24.4 Å². The van der Waals surface area contributed by atoms with Crippen LogP contribution in [0.4, 0.5) is 0 Å². The molecule has 2 N–H and O–H groups in total. The van der Waals surface area contributed by atoms with Crippen molar-refractivity contribution in [1.29, 1.82) is 0 Å². The van der Waals surface area contributed by atoms with Gasteiger partial charge in [-0.1, -0.05) is 0 Å². The van der Waals surface area contributed by atoms with Crippen LogP contribution >= 0.6 is 0 Å². The molecule has 1 aromatic heterocycles. The van der Waals surface area contributed by atoms with Gasteiger partial charge >= 0.3 is 5.97 Å². The predicted octanol–water partition coefficient (Wildman–Crippen LogP) is 2.03. The Morgan fingerprint density at radius 1 is 1.47 bits per heavy atom. The van der Waals surface area contributed by atoms with Crippen LogP contribution in [-0.2, 0) is 17.6 Å². The summed E-state index contributed by atoms with van der Waals surface area (Å²) in [6.07, 6.45) is 3.21. The summed E-state index contributed by atoms with van der Waals surface area (Å²) < 4.78 is 5.48. The van der Waals surface area contributed by atoms with E-state index in [2.05, 4.69) is 16.3 Å². The smallest absolute Gasteiger partial charge is 0.303 e. The minimum absolute atomic E-state index is 0.112. The highest BCUT2D eigenvalue weighted by Crippen LogP contribution is 2.31. The summed E-state index contributed by atoms with van der Waals surface area (Å²) in [6, 6.07) is 6.02. The van der Waals surface area contributed by atoms with Gasteiger partial charge in [0.05, 0.1) is 18.5 Å². The zero-order chi connectivity index (χ0) is 13.2. The second kappa shape index (κ2) is 4.76. The van der Waals surface area contributed by atoms with Crippen molar-refractivity contribution in [2.45, 2.75) is 19.3 Å². The molecular weight excluding hydrogens is 244 g/mol. The lowest BCUT2D eigenvalue weighted by atomic mass is 10.0. The van der Waals surface area contributed by atoms with Crippen molar-refractivity contribution in [1.82, 2.24) is 10.2 Å². The van der Waals surface area contributed by atoms with Crippen molar-refractivity contribution in [3.05, 3.63) is 35.5 Å². The molecule has 1 aliphatic rings. The third kappa shape index (κ3) is 2.31. The molecule has 19 heavy (non-hydrogen) atoms. The topological polar surface area (TPSA) is 75.2 Å². The van der Waals surface area contributed by atoms with E-state index in [1.165, 1.54) is 5.56 Å². The fourth-order valence-electron chi connectivity index (χ4n) is 2.33. The molecule has 0 aliphatic carbocycles. The van der Waals surface area contributed by atoms with Gasteiger partial charge in [0.1, 0.15) is 5.75 Å². The number of hydrogen-bond donors (Lipinski definition) is 2. The van der Waals surface area contributed by atoms with Gasteiger partial charge < -0.3 is 9.84 Å². The van der Waals surface area contributed by atoms with Crippen LogP contribution in [0.2, 0.25) is 0 Å². The van der Waals surface area contributed by atoms with Gasteiger partial charge in [0, 0.05) is 18.4 Å². The van der Waals surface area contributed by atoms with E-state index in [4.69, 9.17) is 9.84 Å². The Bertz CT molecular complexity index is 619. The van der Waals surface area contributed by atoms with Gasteiger partial charge in [-0.3, -0.25) is 9.89 Å². The number of ether oxygens (including phenoxy) is 1. The third-order valence-electron chi connectivity index (χ3n) is 3.30. The molecule has 0 fully saturated rings. The molecule has 0 radical (unpaired) electrons. The molecule has 3 rings (SSSR count). The van der Waals surface area contributed by atoms with Crippen molar-refractivity contribution in [3.63, 3.8) is 0 Å². The molecule has 98 valence electrons. The minimum atomic E-state index is -0.797. The van der Waals surface area contributed by atoms with E-state index in [0.29, 0.717) is 6.42 Å². The first kappa shape index (κ1) is 11.8. The van der Waals surface area contributed by atoms with Gasteiger partial charge in [-0.05, 0) is 35.7 Å². The fraction of sp³-hybridized carbons (Fsp3) is 0.286. The number of hydrogen-bond acceptors (Lipinski definition) is 3. The Morgan fingerprint density at radius 2 is 2.37 bits per heavy atom. The van der Waals surface area contributed by atoms with Crippen LogP contribution in [-0.4, -0.2) is 27.9 Å². The first-order valence-corrected chi connectivity index (χ1v) is 6.24. The highest BCUT2D eigenvalue weighted by atomic mass is 16.5. The van der Waals surface area contributed by atoms with E-state index in [1.807, 2.05) is 12.1 Å². The first-order chi connectivity index (χ1) is 9.24. The molecule has 5 heteroatoms. The number of carbonyl (C=O) groups is 1. The van der Waals surface area contributed by atoms with Crippen LogP contribution in [0.1, 0.15) is 17.5 Å². The first-order valence-electron chi connectivity index (χ1n) is 6.24. The highest BCUT2D eigenvalue weighted by Gasteiger charge is 2.15. The van der Waals surface area contributed by atoms with Crippen molar-refractivity contribution >= 4 is 5.97 Å². The van der Waals surface area contributed by atoms with Gasteiger partial charge in [-0.25, -0.2) is 0 Å². The second-order valence-electron chi connectivity index (χ2n) is 4.58. The fourth-order valence-corrected chi connectivity index (χ4v) is 2.33. The molecule has 1 aromatic carbocycles. The normalized spacial score (nSPS) is 13.1. The largest absolute Gasteiger partial charge is 0.493 e. The van der Waals surface area contributed by atoms with Crippen LogP contribution in [0.25, 0.3) is 11.3 Å². The third-order valence-corrected chi connectivity index (χ3v) is 3.30. The molecule has 1 aliphatic heterocycles. The molecule has 5 nitrogen and oxygen atoms in total. The number of nitrogens with zero attached hydrogens (tertiary/aromatic N) is 1. The SMILES string of the molecule is O=C(O)CCc1cn[nH]c1-c1ccc2c(c1)CCO2. The van der Waals surface area contributed by atoms with Crippen LogP contribution in [0.5, 0.6) is 5.75 Å². The van der Waals surface area contributed by atoms with E-state index in [-0.39, 0.29) is 6.42 Å². The predicted molar refractivity (Wildman–Crippen MR) is 69.2 cm³/mol. The van der Waals surface area contributed by atoms with Crippen molar-refractivity contribution in [2.75, 3.05) is 6.61 Å². The van der Waals surface area contributed by atoms with Crippen LogP contribution < -0.4 is 4.74 Å². The maximum absolute atomic E-state index is 10.6. The molecule has 2 aromatic rings. The maximum Gasteiger partial charge on any atom is 0.303 e. The summed E-state index contributed by atoms with van der Waals surface area (Å²) in [4.78, 5) is 10.6. The number of carboxylic acid groups (broad SMARTS) is 1. The number of aromatic nitrogens is 2. The Balaban J connectivity index is 1.90. The van der Waals surface area contributed by atoms with Crippen LogP contribution in [0, 0.1) is 0 Å². The molecule has 0 amide bonds. The lowest BCUT2D eigenvalue weighted by Gasteiger charge is -2.04. The Kier molecular flexibility index (Phi) is 2.95. The lowest BCUT2D eigenvalue weighted by molar-refractivity contribution is -0.136. The van der Waals surface area contributed by atoms with Crippen molar-refractivity contribution in [3.8, 4) is 17.0 Å². The number of H-pyrrole nitrogens is 1. The van der Waals surface area contributed by atoms with Gasteiger partial charge in [0.25, 0.3) is 0 Å². The van der Waals surface area contributed by atoms with E-state index >= 15 is 0 Å². The number of aryl methyl sites for hydroxylation is 1. The summed E-state index contributed by atoms with van der Waals surface area (Å²) in [5.41, 5.74) is 4.05. The molecule has 0 atom stereocenters. The van der Waals surface area contributed by atoms with Crippen molar-refractivity contribution < 1.29 is 14.6 Å². The van der Waals surface area contributed by atoms with Gasteiger partial charge in [0.2, 0.25) is 0 Å². The summed E-state index contributed by atoms with van der Waals surface area (Å²) in [7, 11) is 0. The zero-order valence-corrected chi connectivity index (χ0v) is 10.3. The average Bonchev–Trinajstić information content (AvgIpc) is 3.04. The van der Waals surface area contributed by atoms with E-state index in [1.54, 1.807) is 6.20 Å².